The molecule has 1 rings (SSSR count). The van der Waals surface area contributed by atoms with Gasteiger partial charge in [0.2, 0.25) is 17.7 Å². The summed E-state index contributed by atoms with van der Waals surface area (Å²) in [6.07, 6.45) is 3.86. The topological polar surface area (TPSA) is 78.5 Å². The SMILES string of the molecule is CC(C)CC(=O)NCCC(=O)N[C@@H](C)C(=O)N1CCCC[C@@H]1C. The van der Waals surface area contributed by atoms with E-state index in [0.29, 0.717) is 18.9 Å². The Bertz CT molecular complexity index is 423. The van der Waals surface area contributed by atoms with Crippen LogP contribution in [0.4, 0.5) is 0 Å². The number of amides is 3. The van der Waals surface area contributed by atoms with Crippen LogP contribution in [0.1, 0.15) is 59.8 Å². The quantitative estimate of drug-likeness (QED) is 0.743. The molecule has 132 valence electrons. The van der Waals surface area contributed by atoms with E-state index in [1.165, 1.54) is 0 Å². The van der Waals surface area contributed by atoms with Crippen LogP contribution in [0.15, 0.2) is 0 Å². The maximum absolute atomic E-state index is 12.4. The molecule has 2 atom stereocenters. The first-order valence-electron chi connectivity index (χ1n) is 8.67. The van der Waals surface area contributed by atoms with Gasteiger partial charge in [-0.05, 0) is 39.0 Å². The second-order valence-corrected chi connectivity index (χ2v) is 6.86. The van der Waals surface area contributed by atoms with Gasteiger partial charge in [-0.3, -0.25) is 14.4 Å². The normalized spacial score (nSPS) is 19.3. The monoisotopic (exact) mass is 325 g/mol. The lowest BCUT2D eigenvalue weighted by Gasteiger charge is -2.35. The molecule has 0 aliphatic carbocycles. The van der Waals surface area contributed by atoms with Crippen LogP contribution in [0.5, 0.6) is 0 Å². The van der Waals surface area contributed by atoms with Crippen LogP contribution >= 0.6 is 0 Å². The minimum atomic E-state index is -0.519. The zero-order chi connectivity index (χ0) is 17.4. The summed E-state index contributed by atoms with van der Waals surface area (Å²) in [7, 11) is 0. The van der Waals surface area contributed by atoms with E-state index in [1.54, 1.807) is 6.92 Å². The van der Waals surface area contributed by atoms with Gasteiger partial charge in [-0.2, -0.15) is 0 Å². The Balaban J connectivity index is 2.30. The Morgan fingerprint density at radius 3 is 2.43 bits per heavy atom. The van der Waals surface area contributed by atoms with E-state index in [-0.39, 0.29) is 30.2 Å². The molecule has 2 N–H and O–H groups in total. The van der Waals surface area contributed by atoms with E-state index >= 15 is 0 Å². The molecule has 3 amide bonds. The van der Waals surface area contributed by atoms with Crippen molar-refractivity contribution in [3.05, 3.63) is 0 Å². The van der Waals surface area contributed by atoms with Gasteiger partial charge in [0, 0.05) is 32.0 Å². The fourth-order valence-corrected chi connectivity index (χ4v) is 2.81. The molecule has 6 nitrogen and oxygen atoms in total. The number of rotatable bonds is 7. The molecule has 0 radical (unpaired) electrons. The number of nitrogens with one attached hydrogen (secondary N) is 2. The summed E-state index contributed by atoms with van der Waals surface area (Å²) >= 11 is 0. The molecule has 23 heavy (non-hydrogen) atoms. The Labute approximate surface area is 139 Å². The van der Waals surface area contributed by atoms with Gasteiger partial charge >= 0.3 is 0 Å². The fraction of sp³-hybridized carbons (Fsp3) is 0.824. The number of likely N-dealkylation sites (tertiary alicyclic amines) is 1. The molecular weight excluding hydrogens is 294 g/mol. The van der Waals surface area contributed by atoms with Crippen LogP contribution in [0.3, 0.4) is 0 Å². The summed E-state index contributed by atoms with van der Waals surface area (Å²) in [4.78, 5) is 37.6. The maximum atomic E-state index is 12.4. The zero-order valence-corrected chi connectivity index (χ0v) is 14.9. The average Bonchev–Trinajstić information content (AvgIpc) is 2.46. The molecule has 1 heterocycles. The van der Waals surface area contributed by atoms with E-state index in [4.69, 9.17) is 0 Å². The first-order valence-corrected chi connectivity index (χ1v) is 8.67. The van der Waals surface area contributed by atoms with Crippen molar-refractivity contribution in [1.82, 2.24) is 15.5 Å². The Kier molecular flexibility index (Phi) is 8.06. The van der Waals surface area contributed by atoms with E-state index < -0.39 is 6.04 Å². The number of hydrogen-bond donors (Lipinski definition) is 2. The largest absolute Gasteiger partial charge is 0.356 e. The second-order valence-electron chi connectivity index (χ2n) is 6.86. The van der Waals surface area contributed by atoms with Crippen LogP contribution in [0.2, 0.25) is 0 Å². The van der Waals surface area contributed by atoms with Crippen molar-refractivity contribution >= 4 is 17.7 Å². The number of carbonyl (C=O) groups is 3. The maximum Gasteiger partial charge on any atom is 0.245 e. The molecule has 0 saturated carbocycles. The molecule has 1 fully saturated rings. The standard InChI is InChI=1S/C17H31N3O3/c1-12(2)11-16(22)18-9-8-15(21)19-14(4)17(23)20-10-6-5-7-13(20)3/h12-14H,5-11H2,1-4H3,(H,18,22)(H,19,21)/t13-,14-/m0/s1. The van der Waals surface area contributed by atoms with Crippen molar-refractivity contribution in [3.63, 3.8) is 0 Å². The van der Waals surface area contributed by atoms with Gasteiger partial charge < -0.3 is 15.5 Å². The lowest BCUT2D eigenvalue weighted by Crippen LogP contribution is -2.51. The molecule has 0 aromatic rings. The van der Waals surface area contributed by atoms with Gasteiger partial charge in [-0.25, -0.2) is 0 Å². The zero-order valence-electron chi connectivity index (χ0n) is 14.9. The van der Waals surface area contributed by atoms with Crippen molar-refractivity contribution < 1.29 is 14.4 Å². The first kappa shape index (κ1) is 19.5. The lowest BCUT2D eigenvalue weighted by molar-refractivity contribution is -0.138. The summed E-state index contributed by atoms with van der Waals surface area (Å²) in [6, 6.07) is -0.277. The highest BCUT2D eigenvalue weighted by Gasteiger charge is 2.27. The molecule has 6 heteroatoms. The average molecular weight is 325 g/mol. The molecule has 0 bridgehead atoms. The van der Waals surface area contributed by atoms with Crippen molar-refractivity contribution in [2.75, 3.05) is 13.1 Å². The molecular formula is C17H31N3O3. The highest BCUT2D eigenvalue weighted by atomic mass is 16.2. The molecule has 1 aliphatic rings. The van der Waals surface area contributed by atoms with Crippen LogP contribution < -0.4 is 10.6 Å². The number of nitrogens with zero attached hydrogens (tertiary/aromatic N) is 1. The minimum Gasteiger partial charge on any atom is -0.356 e. The third kappa shape index (κ3) is 7.01. The molecule has 0 aromatic heterocycles. The Morgan fingerprint density at radius 2 is 1.83 bits per heavy atom. The van der Waals surface area contributed by atoms with Crippen LogP contribution in [-0.4, -0.2) is 47.8 Å². The highest BCUT2D eigenvalue weighted by molar-refractivity contribution is 5.87. The van der Waals surface area contributed by atoms with Crippen molar-refractivity contribution in [1.29, 1.82) is 0 Å². The van der Waals surface area contributed by atoms with Gasteiger partial charge in [-0.1, -0.05) is 13.8 Å². The van der Waals surface area contributed by atoms with Crippen molar-refractivity contribution in [3.8, 4) is 0 Å². The van der Waals surface area contributed by atoms with Crippen molar-refractivity contribution in [2.24, 2.45) is 5.92 Å². The molecule has 0 aromatic carbocycles. The van der Waals surface area contributed by atoms with Gasteiger partial charge in [0.1, 0.15) is 6.04 Å². The van der Waals surface area contributed by atoms with Gasteiger partial charge in [-0.15, -0.1) is 0 Å². The van der Waals surface area contributed by atoms with E-state index in [0.717, 1.165) is 25.8 Å². The van der Waals surface area contributed by atoms with Gasteiger partial charge in [0.15, 0.2) is 0 Å². The highest BCUT2D eigenvalue weighted by Crippen LogP contribution is 2.17. The summed E-state index contributed by atoms with van der Waals surface area (Å²) in [5.74, 6) is 0.0295. The summed E-state index contributed by atoms with van der Waals surface area (Å²) in [5, 5.41) is 5.45. The van der Waals surface area contributed by atoms with Crippen LogP contribution in [-0.2, 0) is 14.4 Å². The second kappa shape index (κ2) is 9.53. The van der Waals surface area contributed by atoms with E-state index in [2.05, 4.69) is 17.6 Å². The predicted molar refractivity (Wildman–Crippen MR) is 89.7 cm³/mol. The fourth-order valence-electron chi connectivity index (χ4n) is 2.81. The molecule has 0 spiro atoms. The summed E-state index contributed by atoms with van der Waals surface area (Å²) in [6.45, 7) is 8.79. The number of hydrogen-bond acceptors (Lipinski definition) is 3. The first-order chi connectivity index (χ1) is 10.8. The number of piperidine rings is 1. The van der Waals surface area contributed by atoms with E-state index in [9.17, 15) is 14.4 Å². The minimum absolute atomic E-state index is 0.0191. The smallest absolute Gasteiger partial charge is 0.245 e. The van der Waals surface area contributed by atoms with Gasteiger partial charge in [0.25, 0.3) is 0 Å². The van der Waals surface area contributed by atoms with Crippen LogP contribution in [0.25, 0.3) is 0 Å². The van der Waals surface area contributed by atoms with Crippen molar-refractivity contribution in [2.45, 2.75) is 71.9 Å². The predicted octanol–water partition coefficient (Wildman–Crippen LogP) is 1.44. The molecule has 1 saturated heterocycles. The van der Waals surface area contributed by atoms with Gasteiger partial charge in [0.05, 0.1) is 0 Å². The Morgan fingerprint density at radius 1 is 1.13 bits per heavy atom. The third-order valence-electron chi connectivity index (χ3n) is 4.10. The van der Waals surface area contributed by atoms with Crippen LogP contribution in [0, 0.1) is 5.92 Å². The molecule has 1 aliphatic heterocycles. The van der Waals surface area contributed by atoms with E-state index in [1.807, 2.05) is 18.7 Å². The summed E-state index contributed by atoms with van der Waals surface area (Å²) < 4.78 is 0. The molecule has 0 unspecified atom stereocenters. The number of carbonyl (C=O) groups excluding carboxylic acids is 3. The summed E-state index contributed by atoms with van der Waals surface area (Å²) in [5.41, 5.74) is 0. The Hall–Kier alpha value is -1.59. The third-order valence-corrected chi connectivity index (χ3v) is 4.10. The lowest BCUT2D eigenvalue weighted by atomic mass is 10.0.